The second-order valence-electron chi connectivity index (χ2n) is 5.90. The van der Waals surface area contributed by atoms with Gasteiger partial charge in [-0.2, -0.15) is 0 Å². The minimum atomic E-state index is -0.533. The van der Waals surface area contributed by atoms with Crippen molar-refractivity contribution in [2.45, 2.75) is 0 Å². The highest BCUT2D eigenvalue weighted by Gasteiger charge is 2.14. The maximum Gasteiger partial charge on any atom is 0.190 e. The Bertz CT molecular complexity index is 1140. The van der Waals surface area contributed by atoms with Crippen LogP contribution >= 0.6 is 0 Å². The number of aromatic nitrogens is 2. The summed E-state index contributed by atoms with van der Waals surface area (Å²) in [6.07, 6.45) is 5.62. The molecule has 4 aromatic rings. The summed E-state index contributed by atoms with van der Waals surface area (Å²) < 4.78 is 1.85. The van der Waals surface area contributed by atoms with Crippen molar-refractivity contribution in [1.29, 1.82) is 0 Å². The Balaban J connectivity index is 1.83. The van der Waals surface area contributed by atoms with Gasteiger partial charge in [0, 0.05) is 40.8 Å². The van der Waals surface area contributed by atoms with Crippen molar-refractivity contribution in [3.63, 3.8) is 0 Å². The first kappa shape index (κ1) is 15.9. The van der Waals surface area contributed by atoms with Crippen molar-refractivity contribution < 1.29 is 9.90 Å². The van der Waals surface area contributed by atoms with Gasteiger partial charge in [0.2, 0.25) is 0 Å². The molecule has 0 atom stereocenters. The molecule has 0 radical (unpaired) electrons. The summed E-state index contributed by atoms with van der Waals surface area (Å²) in [7, 11) is 0. The zero-order valence-corrected chi connectivity index (χ0v) is 13.9. The van der Waals surface area contributed by atoms with Gasteiger partial charge in [-0.3, -0.25) is 4.79 Å². The molecule has 2 aromatic heterocycles. The number of hydrogen-bond acceptors (Lipinski definition) is 2. The predicted octanol–water partition coefficient (Wildman–Crippen LogP) is 3.53. The van der Waals surface area contributed by atoms with E-state index in [4.69, 9.17) is 0 Å². The number of aliphatic hydroxyl groups is 1. The third-order valence-corrected chi connectivity index (χ3v) is 4.24. The highest BCUT2D eigenvalue weighted by atomic mass is 16.3. The highest BCUT2D eigenvalue weighted by molar-refractivity contribution is 6.01. The molecule has 126 valence electrons. The number of hydrogen-bond donors (Lipinski definition) is 2. The van der Waals surface area contributed by atoms with Crippen LogP contribution in [0.2, 0.25) is 0 Å². The van der Waals surface area contributed by atoms with Gasteiger partial charge >= 0.3 is 0 Å². The Morgan fingerprint density at radius 3 is 2.69 bits per heavy atom. The SMILES string of the molecule is O=C(CO)c1cccc(C#Cc2ccc3cc[nH]c3c2)c1-n1cccc1. The second-order valence-corrected chi connectivity index (χ2v) is 5.90. The van der Waals surface area contributed by atoms with Crippen LogP contribution in [0, 0.1) is 11.8 Å². The fraction of sp³-hybridized carbons (Fsp3) is 0.0455. The maximum atomic E-state index is 12.2. The second kappa shape index (κ2) is 6.75. The van der Waals surface area contributed by atoms with Gasteiger partial charge < -0.3 is 14.7 Å². The molecule has 2 aromatic carbocycles. The Kier molecular flexibility index (Phi) is 4.14. The minimum Gasteiger partial charge on any atom is -0.388 e. The van der Waals surface area contributed by atoms with Crippen LogP contribution in [0.4, 0.5) is 0 Å². The molecule has 26 heavy (non-hydrogen) atoms. The van der Waals surface area contributed by atoms with Crippen LogP contribution in [-0.2, 0) is 0 Å². The van der Waals surface area contributed by atoms with Crippen LogP contribution in [0.3, 0.4) is 0 Å². The van der Waals surface area contributed by atoms with Gasteiger partial charge in [-0.05, 0) is 47.9 Å². The van der Waals surface area contributed by atoms with E-state index in [1.807, 2.05) is 65.6 Å². The standard InChI is InChI=1S/C22H16N2O2/c25-15-21(26)19-5-3-4-18(22(19)24-12-1-2-13-24)9-7-16-6-8-17-10-11-23-20(17)14-16/h1-6,8,10-14,23,25H,15H2. The Hall–Kier alpha value is -3.55. The molecule has 0 saturated carbocycles. The Morgan fingerprint density at radius 1 is 1.04 bits per heavy atom. The van der Waals surface area contributed by atoms with Crippen LogP contribution in [-0.4, -0.2) is 27.0 Å². The van der Waals surface area contributed by atoms with Crippen molar-refractivity contribution in [2.24, 2.45) is 0 Å². The third kappa shape index (κ3) is 2.92. The molecular formula is C22H16N2O2. The molecule has 2 heterocycles. The smallest absolute Gasteiger partial charge is 0.190 e. The van der Waals surface area contributed by atoms with Gasteiger partial charge in [0.25, 0.3) is 0 Å². The lowest BCUT2D eigenvalue weighted by Gasteiger charge is -2.11. The number of Topliss-reactive ketones (excluding diaryl/α,β-unsaturated/α-hetero) is 1. The third-order valence-electron chi connectivity index (χ3n) is 4.24. The number of ketones is 1. The van der Waals surface area contributed by atoms with Crippen LogP contribution in [0.1, 0.15) is 21.5 Å². The van der Waals surface area contributed by atoms with Crippen LogP contribution in [0.15, 0.2) is 73.2 Å². The number of aromatic amines is 1. The number of H-pyrrole nitrogens is 1. The van der Waals surface area contributed by atoms with Crippen molar-refractivity contribution in [2.75, 3.05) is 6.61 Å². The van der Waals surface area contributed by atoms with Gasteiger partial charge in [-0.1, -0.05) is 24.0 Å². The van der Waals surface area contributed by atoms with Crippen LogP contribution < -0.4 is 0 Å². The molecule has 0 aliphatic heterocycles. The van der Waals surface area contributed by atoms with Crippen LogP contribution in [0.25, 0.3) is 16.6 Å². The van der Waals surface area contributed by atoms with Gasteiger partial charge in [-0.25, -0.2) is 0 Å². The van der Waals surface area contributed by atoms with Crippen molar-refractivity contribution in [3.05, 3.63) is 89.9 Å². The van der Waals surface area contributed by atoms with E-state index in [1.165, 1.54) is 0 Å². The molecular weight excluding hydrogens is 324 g/mol. The molecule has 0 amide bonds. The summed E-state index contributed by atoms with van der Waals surface area (Å²) in [5.41, 5.74) is 3.79. The Morgan fingerprint density at radius 2 is 1.88 bits per heavy atom. The highest BCUT2D eigenvalue weighted by Crippen LogP contribution is 2.21. The van der Waals surface area contributed by atoms with Crippen molar-refractivity contribution in [1.82, 2.24) is 9.55 Å². The number of benzene rings is 2. The van der Waals surface area contributed by atoms with Crippen LogP contribution in [0.5, 0.6) is 0 Å². The van der Waals surface area contributed by atoms with E-state index in [1.54, 1.807) is 12.1 Å². The lowest BCUT2D eigenvalue weighted by Crippen LogP contribution is -2.10. The number of carbonyl (C=O) groups excluding carboxylic acids is 1. The molecule has 0 saturated heterocycles. The van der Waals surface area contributed by atoms with Gasteiger partial charge in [0.1, 0.15) is 6.61 Å². The molecule has 0 aliphatic rings. The molecule has 0 aliphatic carbocycles. The predicted molar refractivity (Wildman–Crippen MR) is 101 cm³/mol. The topological polar surface area (TPSA) is 58.0 Å². The molecule has 4 rings (SSSR count). The summed E-state index contributed by atoms with van der Waals surface area (Å²) in [5, 5.41) is 10.4. The van der Waals surface area contributed by atoms with E-state index in [2.05, 4.69) is 16.8 Å². The van der Waals surface area contributed by atoms with E-state index in [9.17, 15) is 9.90 Å². The van der Waals surface area contributed by atoms with Gasteiger partial charge in [0.15, 0.2) is 5.78 Å². The summed E-state index contributed by atoms with van der Waals surface area (Å²) >= 11 is 0. The number of rotatable bonds is 3. The van der Waals surface area contributed by atoms with Gasteiger partial charge in [0.05, 0.1) is 5.69 Å². The fourth-order valence-corrected chi connectivity index (χ4v) is 2.98. The molecule has 4 heteroatoms. The number of nitrogens with one attached hydrogen (secondary N) is 1. The average Bonchev–Trinajstić information content (AvgIpc) is 3.36. The summed E-state index contributed by atoms with van der Waals surface area (Å²) in [4.78, 5) is 15.3. The molecule has 0 unspecified atom stereocenters. The first-order valence-corrected chi connectivity index (χ1v) is 8.26. The summed E-state index contributed by atoms with van der Waals surface area (Å²) in [6, 6.07) is 17.2. The molecule has 2 N–H and O–H groups in total. The van der Waals surface area contributed by atoms with E-state index in [0.29, 0.717) is 11.3 Å². The maximum absolute atomic E-state index is 12.2. The quantitative estimate of drug-likeness (QED) is 0.443. The number of carbonyl (C=O) groups is 1. The first-order valence-electron chi connectivity index (χ1n) is 8.26. The molecule has 4 nitrogen and oxygen atoms in total. The monoisotopic (exact) mass is 340 g/mol. The molecule has 0 spiro atoms. The van der Waals surface area contributed by atoms with Gasteiger partial charge in [-0.15, -0.1) is 0 Å². The zero-order chi connectivity index (χ0) is 17.9. The van der Waals surface area contributed by atoms with E-state index >= 15 is 0 Å². The first-order chi connectivity index (χ1) is 12.8. The fourth-order valence-electron chi connectivity index (χ4n) is 2.98. The minimum absolute atomic E-state index is 0.329. The number of para-hydroxylation sites is 1. The number of nitrogens with zero attached hydrogens (tertiary/aromatic N) is 1. The molecule has 0 fully saturated rings. The van der Waals surface area contributed by atoms with E-state index in [0.717, 1.165) is 22.0 Å². The summed E-state index contributed by atoms with van der Waals surface area (Å²) in [5.74, 6) is 6.02. The number of aliphatic hydroxyl groups excluding tert-OH is 1. The lowest BCUT2D eigenvalue weighted by molar-refractivity contribution is 0.0903. The Labute approximate surface area is 150 Å². The van der Waals surface area contributed by atoms with E-state index < -0.39 is 6.61 Å². The normalized spacial score (nSPS) is 10.5. The number of fused-ring (bicyclic) bond motifs is 1. The average molecular weight is 340 g/mol. The zero-order valence-electron chi connectivity index (χ0n) is 13.9. The largest absolute Gasteiger partial charge is 0.388 e. The summed E-state index contributed by atoms with van der Waals surface area (Å²) in [6.45, 7) is -0.533. The lowest BCUT2D eigenvalue weighted by atomic mass is 10.0. The van der Waals surface area contributed by atoms with Crippen molar-refractivity contribution >= 4 is 16.7 Å². The van der Waals surface area contributed by atoms with Crippen molar-refractivity contribution in [3.8, 4) is 17.5 Å². The van der Waals surface area contributed by atoms with E-state index in [-0.39, 0.29) is 5.78 Å². The molecule has 0 bridgehead atoms.